The number of nitrogens with zero attached hydrogens (tertiary/aromatic N) is 1. The predicted molar refractivity (Wildman–Crippen MR) is 150 cm³/mol. The van der Waals surface area contributed by atoms with Gasteiger partial charge in [-0.05, 0) is 39.4 Å². The van der Waals surface area contributed by atoms with Gasteiger partial charge in [-0.15, -0.1) is 0 Å². The van der Waals surface area contributed by atoms with Crippen LogP contribution < -0.4 is 14.0 Å². The lowest BCUT2D eigenvalue weighted by atomic mass is 9.94. The van der Waals surface area contributed by atoms with E-state index in [1.807, 2.05) is 49.6 Å². The summed E-state index contributed by atoms with van der Waals surface area (Å²) < 4.78 is 13.9. The van der Waals surface area contributed by atoms with Gasteiger partial charge in [0.15, 0.2) is 23.4 Å². The van der Waals surface area contributed by atoms with Crippen LogP contribution in [-0.4, -0.2) is 24.4 Å². The largest absolute Gasteiger partial charge is 0.492 e. The maximum atomic E-state index is 9.80. The van der Waals surface area contributed by atoms with Crippen molar-refractivity contribution in [3.63, 3.8) is 0 Å². The van der Waals surface area contributed by atoms with Crippen molar-refractivity contribution in [3.8, 4) is 33.8 Å². The third-order valence-corrected chi connectivity index (χ3v) is 7.17. The van der Waals surface area contributed by atoms with Gasteiger partial charge in [-0.1, -0.05) is 72.8 Å². The van der Waals surface area contributed by atoms with Crippen LogP contribution in [0.4, 0.5) is 0 Å². The summed E-state index contributed by atoms with van der Waals surface area (Å²) in [6, 6.07) is 28.9. The van der Waals surface area contributed by atoms with E-state index in [4.69, 9.17) is 9.47 Å². The molecular weight excluding hydrogens is 474 g/mol. The number of ether oxygens (including phenoxy) is 2. The van der Waals surface area contributed by atoms with E-state index in [0.29, 0.717) is 17.9 Å². The van der Waals surface area contributed by atoms with Crippen molar-refractivity contribution in [1.29, 1.82) is 0 Å². The van der Waals surface area contributed by atoms with E-state index in [1.165, 1.54) is 5.56 Å². The Balaban J connectivity index is 1.66. The molecule has 38 heavy (non-hydrogen) atoms. The van der Waals surface area contributed by atoms with E-state index in [2.05, 4.69) is 53.1 Å². The van der Waals surface area contributed by atoms with E-state index >= 15 is 0 Å². The normalized spacial score (nSPS) is 11.1. The van der Waals surface area contributed by atoms with Gasteiger partial charge in [-0.25, -0.2) is 4.57 Å². The van der Waals surface area contributed by atoms with Crippen LogP contribution in [0.5, 0.6) is 11.5 Å². The number of methoxy groups -OCH3 is 2. The molecule has 4 aromatic carbocycles. The molecule has 0 amide bonds. The Kier molecular flexibility index (Phi) is 7.40. The number of pyridine rings is 1. The van der Waals surface area contributed by atoms with E-state index in [-0.39, 0.29) is 13.2 Å². The molecule has 5 rings (SSSR count). The number of rotatable bonds is 8. The number of hydrogen-bond acceptors (Lipinski definition) is 4. The molecule has 5 heteroatoms. The second-order valence-electron chi connectivity index (χ2n) is 9.36. The van der Waals surface area contributed by atoms with Crippen molar-refractivity contribution < 1.29 is 24.3 Å². The van der Waals surface area contributed by atoms with Gasteiger partial charge in [0.2, 0.25) is 0 Å². The summed E-state index contributed by atoms with van der Waals surface area (Å²) in [5.41, 5.74) is 7.95. The summed E-state index contributed by atoms with van der Waals surface area (Å²) in [5, 5.41) is 21.4. The van der Waals surface area contributed by atoms with Crippen molar-refractivity contribution in [1.82, 2.24) is 0 Å². The van der Waals surface area contributed by atoms with Crippen molar-refractivity contribution in [2.24, 2.45) is 7.05 Å². The number of aromatic nitrogens is 1. The highest BCUT2D eigenvalue weighted by Gasteiger charge is 2.23. The molecule has 1 aromatic heterocycles. The summed E-state index contributed by atoms with van der Waals surface area (Å²) in [5.74, 6) is 1.39. The van der Waals surface area contributed by atoms with Crippen LogP contribution in [0.15, 0.2) is 91.1 Å². The fraction of sp³-hybridized carbons (Fsp3) is 0.182. The molecule has 0 saturated carbocycles. The summed E-state index contributed by atoms with van der Waals surface area (Å²) in [7, 11) is 5.39. The van der Waals surface area contributed by atoms with Crippen LogP contribution >= 0.6 is 0 Å². The minimum Gasteiger partial charge on any atom is -0.492 e. The Labute approximate surface area is 223 Å². The monoisotopic (exact) mass is 506 g/mol. The van der Waals surface area contributed by atoms with E-state index < -0.39 is 0 Å². The van der Waals surface area contributed by atoms with Crippen LogP contribution in [-0.2, 0) is 26.7 Å². The SMILES string of the molecule is COc1c(-c2ccc(-c3ccccc3)cc2)cc2c(Cc3ccc(CO)c(CO)c3)[n+](C)ccc2c1OC. The first-order valence-corrected chi connectivity index (χ1v) is 12.6. The van der Waals surface area contributed by atoms with Crippen molar-refractivity contribution in [2.45, 2.75) is 19.6 Å². The summed E-state index contributed by atoms with van der Waals surface area (Å²) >= 11 is 0. The minimum atomic E-state index is -0.112. The Morgan fingerprint density at radius 1 is 0.658 bits per heavy atom. The molecule has 0 fully saturated rings. The Hall–Kier alpha value is -4.19. The maximum absolute atomic E-state index is 9.80. The Morgan fingerprint density at radius 2 is 1.32 bits per heavy atom. The molecule has 0 aliphatic carbocycles. The molecule has 0 unspecified atom stereocenters. The minimum absolute atomic E-state index is 0.0956. The van der Waals surface area contributed by atoms with Gasteiger partial charge >= 0.3 is 0 Å². The van der Waals surface area contributed by atoms with Gasteiger partial charge in [0, 0.05) is 17.0 Å². The fourth-order valence-electron chi connectivity index (χ4n) is 5.12. The van der Waals surface area contributed by atoms with Gasteiger partial charge in [0.1, 0.15) is 7.05 Å². The lowest BCUT2D eigenvalue weighted by Gasteiger charge is -2.17. The maximum Gasteiger partial charge on any atom is 0.193 e. The number of aliphatic hydroxyl groups excluding tert-OH is 2. The molecule has 0 bridgehead atoms. The molecule has 0 aliphatic heterocycles. The van der Waals surface area contributed by atoms with E-state index in [0.717, 1.165) is 49.8 Å². The summed E-state index contributed by atoms with van der Waals surface area (Å²) in [6.07, 6.45) is 2.68. The van der Waals surface area contributed by atoms with Crippen LogP contribution in [0.2, 0.25) is 0 Å². The van der Waals surface area contributed by atoms with Crippen LogP contribution in [0.3, 0.4) is 0 Å². The third kappa shape index (κ3) is 4.74. The zero-order valence-electron chi connectivity index (χ0n) is 21.9. The predicted octanol–water partition coefficient (Wildman–Crippen LogP) is 5.59. The van der Waals surface area contributed by atoms with Crippen LogP contribution in [0.1, 0.15) is 22.4 Å². The van der Waals surface area contributed by atoms with Gasteiger partial charge in [0.25, 0.3) is 0 Å². The van der Waals surface area contributed by atoms with Crippen molar-refractivity contribution >= 4 is 10.8 Å². The number of fused-ring (bicyclic) bond motifs is 1. The number of aryl methyl sites for hydroxylation is 1. The molecule has 5 aromatic rings. The van der Waals surface area contributed by atoms with Gasteiger partial charge in [-0.3, -0.25) is 0 Å². The average Bonchev–Trinajstić information content (AvgIpc) is 2.98. The van der Waals surface area contributed by atoms with Crippen LogP contribution in [0.25, 0.3) is 33.0 Å². The lowest BCUT2D eigenvalue weighted by molar-refractivity contribution is -0.677. The molecule has 0 aliphatic rings. The average molecular weight is 507 g/mol. The molecule has 1 heterocycles. The Bertz CT molecular complexity index is 1580. The zero-order chi connectivity index (χ0) is 26.6. The molecule has 0 spiro atoms. The Morgan fingerprint density at radius 3 is 1.97 bits per heavy atom. The van der Waals surface area contributed by atoms with E-state index in [1.54, 1.807) is 14.2 Å². The van der Waals surface area contributed by atoms with Gasteiger partial charge in [-0.2, -0.15) is 0 Å². The highest BCUT2D eigenvalue weighted by atomic mass is 16.5. The summed E-state index contributed by atoms with van der Waals surface area (Å²) in [6.45, 7) is -0.207. The first kappa shape index (κ1) is 25.5. The lowest BCUT2D eigenvalue weighted by Crippen LogP contribution is -2.33. The topological polar surface area (TPSA) is 62.8 Å². The quantitative estimate of drug-likeness (QED) is 0.269. The van der Waals surface area contributed by atoms with Gasteiger partial charge < -0.3 is 19.7 Å². The molecular formula is C33H32NO4+. The van der Waals surface area contributed by atoms with Crippen molar-refractivity contribution in [2.75, 3.05) is 14.2 Å². The van der Waals surface area contributed by atoms with E-state index in [9.17, 15) is 10.2 Å². The fourth-order valence-corrected chi connectivity index (χ4v) is 5.12. The van der Waals surface area contributed by atoms with Crippen molar-refractivity contribution in [3.05, 3.63) is 114 Å². The van der Waals surface area contributed by atoms with Crippen LogP contribution in [0, 0.1) is 0 Å². The first-order valence-electron chi connectivity index (χ1n) is 12.6. The molecule has 0 saturated heterocycles. The molecule has 0 radical (unpaired) electrons. The highest BCUT2D eigenvalue weighted by Crippen LogP contribution is 2.44. The molecule has 0 atom stereocenters. The molecule has 192 valence electrons. The second kappa shape index (κ2) is 11.1. The zero-order valence-corrected chi connectivity index (χ0v) is 21.9. The first-order chi connectivity index (χ1) is 18.6. The number of benzene rings is 4. The second-order valence-corrected chi connectivity index (χ2v) is 9.36. The summed E-state index contributed by atoms with van der Waals surface area (Å²) in [4.78, 5) is 0. The molecule has 2 N–H and O–H groups in total. The van der Waals surface area contributed by atoms with Gasteiger partial charge in [0.05, 0.1) is 39.2 Å². The third-order valence-electron chi connectivity index (χ3n) is 7.17. The smallest absolute Gasteiger partial charge is 0.193 e. The number of aliphatic hydroxyl groups is 2. The highest BCUT2D eigenvalue weighted by molar-refractivity contribution is 5.98. The standard InChI is InChI=1S/C33H32NO4/c1-34-16-15-28-30(31(34)18-22-9-10-26(20-35)27(17-22)21-36)19-29(33(38-3)32(28)37-2)25-13-11-24(12-14-25)23-7-5-4-6-8-23/h4-17,19,35-36H,18,20-21H2,1-3H3/q+1. The molecule has 5 nitrogen and oxygen atoms in total. The number of hydrogen-bond donors (Lipinski definition) is 2.